The lowest BCUT2D eigenvalue weighted by Crippen LogP contribution is -2.62. The Balaban J connectivity index is 1.60. The molecule has 3 heterocycles. The van der Waals surface area contributed by atoms with Crippen LogP contribution in [-0.2, 0) is 0 Å². The molecule has 1 aromatic heterocycles. The van der Waals surface area contributed by atoms with Gasteiger partial charge in [0.2, 0.25) is 0 Å². The average Bonchev–Trinajstić information content (AvgIpc) is 2.61. The van der Waals surface area contributed by atoms with E-state index in [1.165, 1.54) is 0 Å². The number of carbonyl (C=O) groups excluding carboxylic acids is 1. The van der Waals surface area contributed by atoms with E-state index in [-0.39, 0.29) is 5.91 Å². The van der Waals surface area contributed by atoms with Crippen LogP contribution in [0.3, 0.4) is 0 Å². The van der Waals surface area contributed by atoms with Gasteiger partial charge in [-0.25, -0.2) is 0 Å². The summed E-state index contributed by atoms with van der Waals surface area (Å²) in [7, 11) is 2.16. The van der Waals surface area contributed by atoms with E-state index in [9.17, 15) is 4.79 Å². The third kappa shape index (κ3) is 3.02. The van der Waals surface area contributed by atoms with Crippen molar-refractivity contribution < 1.29 is 4.79 Å². The average molecular weight is 338 g/mol. The Labute approximate surface area is 149 Å². The highest BCUT2D eigenvalue weighted by Gasteiger charge is 2.33. The minimum Gasteiger partial charge on any atom is -0.336 e. The number of nitrogens with zero attached hydrogens (tertiary/aromatic N) is 4. The van der Waals surface area contributed by atoms with Crippen molar-refractivity contribution >= 4 is 16.8 Å². The molecule has 0 spiro atoms. The van der Waals surface area contributed by atoms with E-state index in [0.717, 1.165) is 67.0 Å². The number of benzene rings is 1. The SMILES string of the molecule is Cc1nc2c(C)cccc2cc1C(=O)N1CCN2CCN(C)CC2C1. The molecule has 2 aromatic rings. The Morgan fingerprint density at radius 2 is 1.92 bits per heavy atom. The van der Waals surface area contributed by atoms with Crippen LogP contribution in [0.15, 0.2) is 24.3 Å². The Kier molecular flexibility index (Phi) is 4.21. The maximum Gasteiger partial charge on any atom is 0.255 e. The maximum atomic E-state index is 13.2. The summed E-state index contributed by atoms with van der Waals surface area (Å²) in [5, 5.41) is 1.05. The minimum absolute atomic E-state index is 0.126. The predicted molar refractivity (Wildman–Crippen MR) is 100.0 cm³/mol. The van der Waals surface area contributed by atoms with E-state index >= 15 is 0 Å². The summed E-state index contributed by atoms with van der Waals surface area (Å²) in [5.41, 5.74) is 3.72. The molecule has 2 aliphatic heterocycles. The quantitative estimate of drug-likeness (QED) is 0.796. The van der Waals surface area contributed by atoms with Crippen LogP contribution in [0, 0.1) is 13.8 Å². The molecule has 25 heavy (non-hydrogen) atoms. The molecule has 1 amide bonds. The van der Waals surface area contributed by atoms with E-state index in [1.807, 2.05) is 30.0 Å². The number of para-hydroxylation sites is 1. The summed E-state index contributed by atoms with van der Waals surface area (Å²) in [4.78, 5) is 24.8. The van der Waals surface area contributed by atoms with E-state index in [4.69, 9.17) is 4.98 Å². The van der Waals surface area contributed by atoms with Gasteiger partial charge in [-0.3, -0.25) is 14.7 Å². The predicted octanol–water partition coefficient (Wildman–Crippen LogP) is 1.92. The van der Waals surface area contributed by atoms with Crippen molar-refractivity contribution in [2.75, 3.05) is 46.3 Å². The molecule has 4 rings (SSSR count). The van der Waals surface area contributed by atoms with Gasteiger partial charge in [-0.05, 0) is 32.5 Å². The Bertz CT molecular complexity index is 819. The first-order valence-corrected chi connectivity index (χ1v) is 9.12. The highest BCUT2D eigenvalue weighted by molar-refractivity contribution is 5.99. The second-order valence-electron chi connectivity index (χ2n) is 7.47. The topological polar surface area (TPSA) is 39.7 Å². The van der Waals surface area contributed by atoms with Crippen LogP contribution in [0.1, 0.15) is 21.6 Å². The van der Waals surface area contributed by atoms with Crippen molar-refractivity contribution in [3.63, 3.8) is 0 Å². The number of likely N-dealkylation sites (N-methyl/N-ethyl adjacent to an activating group) is 1. The first-order chi connectivity index (χ1) is 12.0. The molecule has 5 heteroatoms. The molecule has 0 bridgehead atoms. The summed E-state index contributed by atoms with van der Waals surface area (Å²) < 4.78 is 0. The fourth-order valence-corrected chi connectivity index (χ4v) is 4.12. The highest BCUT2D eigenvalue weighted by atomic mass is 16.2. The van der Waals surface area contributed by atoms with Crippen LogP contribution in [0.25, 0.3) is 10.9 Å². The summed E-state index contributed by atoms with van der Waals surface area (Å²) in [6, 6.07) is 8.60. The lowest BCUT2D eigenvalue weighted by Gasteiger charge is -2.46. The van der Waals surface area contributed by atoms with Crippen LogP contribution in [0.2, 0.25) is 0 Å². The standard InChI is InChI=1S/C20H26N4O/c1-14-5-4-6-16-11-18(15(2)21-19(14)16)20(25)24-10-9-23-8-7-22(3)12-17(23)13-24/h4-6,11,17H,7-10,12-13H2,1-3H3. The van der Waals surface area contributed by atoms with Crippen LogP contribution in [0.4, 0.5) is 0 Å². The fourth-order valence-electron chi connectivity index (χ4n) is 4.12. The smallest absolute Gasteiger partial charge is 0.255 e. The molecule has 0 N–H and O–H groups in total. The second kappa shape index (κ2) is 6.39. The van der Waals surface area contributed by atoms with Gasteiger partial charge in [0.25, 0.3) is 5.91 Å². The molecule has 2 aliphatic rings. The van der Waals surface area contributed by atoms with E-state index in [1.54, 1.807) is 0 Å². The molecule has 2 fully saturated rings. The number of aryl methyl sites for hydroxylation is 2. The van der Waals surface area contributed by atoms with Crippen LogP contribution in [0.5, 0.6) is 0 Å². The maximum absolute atomic E-state index is 13.2. The molecule has 1 aromatic carbocycles. The van der Waals surface area contributed by atoms with Crippen LogP contribution >= 0.6 is 0 Å². The number of fused-ring (bicyclic) bond motifs is 2. The number of carbonyl (C=O) groups is 1. The number of amides is 1. The second-order valence-corrected chi connectivity index (χ2v) is 7.47. The summed E-state index contributed by atoms with van der Waals surface area (Å²) in [6.07, 6.45) is 0. The Morgan fingerprint density at radius 3 is 2.76 bits per heavy atom. The van der Waals surface area contributed by atoms with Gasteiger partial charge in [0.05, 0.1) is 16.8 Å². The van der Waals surface area contributed by atoms with Crippen molar-refractivity contribution in [2.45, 2.75) is 19.9 Å². The van der Waals surface area contributed by atoms with Gasteiger partial charge >= 0.3 is 0 Å². The normalized spacial score (nSPS) is 22.2. The highest BCUT2D eigenvalue weighted by Crippen LogP contribution is 2.22. The minimum atomic E-state index is 0.126. The molecule has 1 atom stereocenters. The van der Waals surface area contributed by atoms with E-state index in [0.29, 0.717) is 6.04 Å². The van der Waals surface area contributed by atoms with Gasteiger partial charge in [-0.1, -0.05) is 18.2 Å². The molecule has 0 radical (unpaired) electrons. The third-order valence-electron chi connectivity index (χ3n) is 5.65. The number of pyridine rings is 1. The largest absolute Gasteiger partial charge is 0.336 e. The van der Waals surface area contributed by atoms with E-state index < -0.39 is 0 Å². The summed E-state index contributed by atoms with van der Waals surface area (Å²) in [5.74, 6) is 0.126. The lowest BCUT2D eigenvalue weighted by molar-refractivity contribution is 0.0189. The number of hydrogen-bond acceptors (Lipinski definition) is 4. The zero-order valence-electron chi connectivity index (χ0n) is 15.3. The van der Waals surface area contributed by atoms with Gasteiger partial charge in [0, 0.05) is 50.7 Å². The van der Waals surface area contributed by atoms with Crippen molar-refractivity contribution in [2.24, 2.45) is 0 Å². The van der Waals surface area contributed by atoms with Crippen LogP contribution < -0.4 is 0 Å². The molecule has 2 saturated heterocycles. The monoisotopic (exact) mass is 338 g/mol. The Morgan fingerprint density at radius 1 is 1.12 bits per heavy atom. The van der Waals surface area contributed by atoms with Gasteiger partial charge in [0.1, 0.15) is 0 Å². The van der Waals surface area contributed by atoms with Crippen LogP contribution in [-0.4, -0.2) is 77.9 Å². The van der Waals surface area contributed by atoms with Gasteiger partial charge < -0.3 is 9.80 Å². The van der Waals surface area contributed by atoms with Crippen molar-refractivity contribution in [3.8, 4) is 0 Å². The van der Waals surface area contributed by atoms with Crippen molar-refractivity contribution in [1.29, 1.82) is 0 Å². The Hall–Kier alpha value is -1.98. The zero-order chi connectivity index (χ0) is 17.6. The summed E-state index contributed by atoms with van der Waals surface area (Å²) in [6.45, 7) is 9.88. The molecule has 1 unspecified atom stereocenters. The zero-order valence-corrected chi connectivity index (χ0v) is 15.3. The van der Waals surface area contributed by atoms with Gasteiger partial charge in [-0.15, -0.1) is 0 Å². The molecular weight excluding hydrogens is 312 g/mol. The molecule has 0 aliphatic carbocycles. The third-order valence-corrected chi connectivity index (χ3v) is 5.65. The first kappa shape index (κ1) is 16.5. The fraction of sp³-hybridized carbons (Fsp3) is 0.500. The number of piperazine rings is 2. The van der Waals surface area contributed by atoms with Gasteiger partial charge in [-0.2, -0.15) is 0 Å². The van der Waals surface area contributed by atoms with Crippen molar-refractivity contribution in [1.82, 2.24) is 19.7 Å². The number of rotatable bonds is 1. The molecule has 132 valence electrons. The number of hydrogen-bond donors (Lipinski definition) is 0. The van der Waals surface area contributed by atoms with Gasteiger partial charge in [0.15, 0.2) is 0 Å². The molecular formula is C20H26N4O. The lowest BCUT2D eigenvalue weighted by atomic mass is 10.0. The molecule has 5 nitrogen and oxygen atoms in total. The van der Waals surface area contributed by atoms with Crippen molar-refractivity contribution in [3.05, 3.63) is 41.1 Å². The molecule has 0 saturated carbocycles. The van der Waals surface area contributed by atoms with E-state index in [2.05, 4.69) is 29.8 Å². The first-order valence-electron chi connectivity index (χ1n) is 9.12. The summed E-state index contributed by atoms with van der Waals surface area (Å²) >= 11 is 0. The number of aromatic nitrogens is 1.